The summed E-state index contributed by atoms with van der Waals surface area (Å²) in [7, 11) is 1.38. The van der Waals surface area contributed by atoms with Crippen molar-refractivity contribution in [3.05, 3.63) is 0 Å². The summed E-state index contributed by atoms with van der Waals surface area (Å²) in [4.78, 5) is 11.1. The van der Waals surface area contributed by atoms with Gasteiger partial charge in [0, 0.05) is 0 Å². The highest BCUT2D eigenvalue weighted by Gasteiger charge is 2.45. The van der Waals surface area contributed by atoms with Crippen molar-refractivity contribution in [2.24, 2.45) is 0 Å². The van der Waals surface area contributed by atoms with Gasteiger partial charge in [-0.15, -0.1) is 0 Å². The van der Waals surface area contributed by atoms with Crippen LogP contribution >= 0.6 is 0 Å². The molecule has 0 aromatic rings. The summed E-state index contributed by atoms with van der Waals surface area (Å²) in [5, 5.41) is 3.36. The summed E-state index contributed by atoms with van der Waals surface area (Å²) in [6.45, 7) is 3.41. The van der Waals surface area contributed by atoms with E-state index in [1.807, 2.05) is 6.92 Å². The minimum absolute atomic E-state index is 0.181. The number of ether oxygens (including phenoxy) is 3. The molecule has 2 aliphatic heterocycles. The molecule has 2 rings (SSSR count). The third-order valence-corrected chi connectivity index (χ3v) is 3.27. The van der Waals surface area contributed by atoms with Crippen molar-refractivity contribution >= 4 is 5.97 Å². The number of nitrogens with one attached hydrogen (secondary N) is 1. The predicted octanol–water partition coefficient (Wildman–Crippen LogP) is 0.433. The third kappa shape index (κ3) is 2.36. The van der Waals surface area contributed by atoms with Crippen LogP contribution in [0.1, 0.15) is 26.2 Å². The number of hydrogen-bond acceptors (Lipinski definition) is 5. The molecule has 0 radical (unpaired) electrons. The topological polar surface area (TPSA) is 56.8 Å². The van der Waals surface area contributed by atoms with Crippen molar-refractivity contribution in [1.29, 1.82) is 0 Å². The maximum absolute atomic E-state index is 11.1. The van der Waals surface area contributed by atoms with Crippen molar-refractivity contribution in [3.63, 3.8) is 0 Å². The van der Waals surface area contributed by atoms with Crippen LogP contribution in [0.15, 0.2) is 0 Å². The summed E-state index contributed by atoms with van der Waals surface area (Å²) in [6.07, 6.45) is 2.29. The molecule has 16 heavy (non-hydrogen) atoms. The largest absolute Gasteiger partial charge is 0.469 e. The van der Waals surface area contributed by atoms with Gasteiger partial charge in [-0.1, -0.05) is 0 Å². The van der Waals surface area contributed by atoms with Gasteiger partial charge in [0.25, 0.3) is 0 Å². The zero-order chi connectivity index (χ0) is 11.6. The Kier molecular flexibility index (Phi) is 3.47. The van der Waals surface area contributed by atoms with Crippen LogP contribution in [-0.4, -0.2) is 44.2 Å². The van der Waals surface area contributed by atoms with Gasteiger partial charge in [0.1, 0.15) is 0 Å². The Balaban J connectivity index is 1.88. The summed E-state index contributed by atoms with van der Waals surface area (Å²) in [6, 6.07) is 0.232. The highest BCUT2D eigenvalue weighted by atomic mass is 16.7. The second kappa shape index (κ2) is 4.69. The van der Waals surface area contributed by atoms with Gasteiger partial charge in [-0.2, -0.15) is 0 Å². The number of methoxy groups -OCH3 is 1. The zero-order valence-electron chi connectivity index (χ0n) is 9.82. The first-order valence-corrected chi connectivity index (χ1v) is 5.76. The van der Waals surface area contributed by atoms with Crippen LogP contribution in [-0.2, 0) is 19.0 Å². The quantitative estimate of drug-likeness (QED) is 0.711. The first kappa shape index (κ1) is 11.8. The van der Waals surface area contributed by atoms with Gasteiger partial charge in [-0.25, -0.2) is 0 Å². The first-order valence-electron chi connectivity index (χ1n) is 5.76. The zero-order valence-corrected chi connectivity index (χ0v) is 9.82. The Morgan fingerprint density at radius 1 is 1.62 bits per heavy atom. The lowest BCUT2D eigenvalue weighted by Gasteiger charge is -2.29. The fourth-order valence-corrected chi connectivity index (χ4v) is 2.34. The van der Waals surface area contributed by atoms with Crippen LogP contribution in [0.25, 0.3) is 0 Å². The van der Waals surface area contributed by atoms with Crippen LogP contribution in [0.4, 0.5) is 0 Å². The van der Waals surface area contributed by atoms with Gasteiger partial charge in [0.15, 0.2) is 5.79 Å². The molecule has 2 saturated heterocycles. The average Bonchev–Trinajstić information content (AvgIpc) is 2.88. The number of rotatable bonds is 3. The van der Waals surface area contributed by atoms with E-state index < -0.39 is 5.79 Å². The van der Waals surface area contributed by atoms with Gasteiger partial charge >= 0.3 is 5.97 Å². The normalized spacial score (nSPS) is 38.9. The molecule has 3 unspecified atom stereocenters. The van der Waals surface area contributed by atoms with Crippen molar-refractivity contribution < 1.29 is 19.0 Å². The highest BCUT2D eigenvalue weighted by Crippen LogP contribution is 2.31. The molecule has 5 heteroatoms. The molecule has 2 heterocycles. The lowest BCUT2D eigenvalue weighted by molar-refractivity contribution is -0.175. The number of hydrogen-bond donors (Lipinski definition) is 1. The van der Waals surface area contributed by atoms with E-state index >= 15 is 0 Å². The molecule has 0 amide bonds. The first-order chi connectivity index (χ1) is 7.64. The third-order valence-electron chi connectivity index (χ3n) is 3.27. The fraction of sp³-hybridized carbons (Fsp3) is 0.909. The lowest BCUT2D eigenvalue weighted by Crippen LogP contribution is -2.46. The van der Waals surface area contributed by atoms with Crippen molar-refractivity contribution in [3.8, 4) is 0 Å². The Bertz CT molecular complexity index is 265. The maximum Gasteiger partial charge on any atom is 0.308 e. The van der Waals surface area contributed by atoms with Gasteiger partial charge in [-0.3, -0.25) is 4.79 Å². The molecule has 0 aromatic carbocycles. The molecule has 92 valence electrons. The van der Waals surface area contributed by atoms with Crippen LogP contribution in [0, 0.1) is 0 Å². The van der Waals surface area contributed by atoms with Crippen LogP contribution in [0.5, 0.6) is 0 Å². The average molecular weight is 229 g/mol. The van der Waals surface area contributed by atoms with Gasteiger partial charge in [0.2, 0.25) is 0 Å². The minimum Gasteiger partial charge on any atom is -0.469 e. The summed E-state index contributed by atoms with van der Waals surface area (Å²) in [5.41, 5.74) is 0. The van der Waals surface area contributed by atoms with Crippen LogP contribution in [0.3, 0.4) is 0 Å². The van der Waals surface area contributed by atoms with Gasteiger partial charge in [0.05, 0.1) is 32.3 Å². The molecule has 2 aliphatic rings. The van der Waals surface area contributed by atoms with E-state index in [1.54, 1.807) is 0 Å². The molecule has 0 aliphatic carbocycles. The van der Waals surface area contributed by atoms with Crippen LogP contribution < -0.4 is 5.32 Å². The minimum atomic E-state index is -0.588. The molecule has 0 spiro atoms. The maximum atomic E-state index is 11.1. The second-order valence-corrected chi connectivity index (χ2v) is 4.50. The lowest BCUT2D eigenvalue weighted by atomic mass is 10.1. The standard InChI is InChI=1S/C11H19NO4/c1-11(9-4-3-5-12-9)15-7-8(16-11)6-10(13)14-2/h8-9,12H,3-7H2,1-2H3. The predicted molar refractivity (Wildman–Crippen MR) is 56.9 cm³/mol. The van der Waals surface area contributed by atoms with Crippen molar-refractivity contribution in [1.82, 2.24) is 5.32 Å². The molecular formula is C11H19NO4. The number of esters is 1. The molecular weight excluding hydrogens is 210 g/mol. The number of carbonyl (C=O) groups excluding carboxylic acids is 1. The van der Waals surface area contributed by atoms with E-state index in [0.29, 0.717) is 6.61 Å². The summed E-state index contributed by atoms with van der Waals surface area (Å²) in [5.74, 6) is -0.841. The molecule has 0 aromatic heterocycles. The molecule has 3 atom stereocenters. The van der Waals surface area contributed by atoms with E-state index in [0.717, 1.165) is 19.4 Å². The number of carbonyl (C=O) groups is 1. The second-order valence-electron chi connectivity index (χ2n) is 4.50. The molecule has 1 N–H and O–H groups in total. The Hall–Kier alpha value is -0.650. The summed E-state index contributed by atoms with van der Waals surface area (Å²) < 4.78 is 16.1. The van der Waals surface area contributed by atoms with E-state index in [4.69, 9.17) is 9.47 Å². The summed E-state index contributed by atoms with van der Waals surface area (Å²) >= 11 is 0. The van der Waals surface area contributed by atoms with Crippen LogP contribution in [0.2, 0.25) is 0 Å². The Morgan fingerprint density at radius 3 is 3.06 bits per heavy atom. The SMILES string of the molecule is COC(=O)CC1COC(C)(C2CCCN2)O1. The molecule has 0 saturated carbocycles. The molecule has 5 nitrogen and oxygen atoms in total. The van der Waals surface area contributed by atoms with E-state index in [-0.39, 0.29) is 24.5 Å². The van der Waals surface area contributed by atoms with Crippen molar-refractivity contribution in [2.45, 2.75) is 44.1 Å². The molecule has 0 bridgehead atoms. The van der Waals surface area contributed by atoms with Crippen molar-refractivity contribution in [2.75, 3.05) is 20.3 Å². The van der Waals surface area contributed by atoms with Gasteiger partial charge in [-0.05, 0) is 26.3 Å². The monoisotopic (exact) mass is 229 g/mol. The Morgan fingerprint density at radius 2 is 2.44 bits per heavy atom. The van der Waals surface area contributed by atoms with E-state index in [2.05, 4.69) is 10.1 Å². The fourth-order valence-electron chi connectivity index (χ4n) is 2.34. The highest BCUT2D eigenvalue weighted by molar-refractivity contribution is 5.69. The van der Waals surface area contributed by atoms with Gasteiger partial charge < -0.3 is 19.5 Å². The van der Waals surface area contributed by atoms with E-state index in [9.17, 15) is 4.79 Å². The smallest absolute Gasteiger partial charge is 0.308 e. The Labute approximate surface area is 95.4 Å². The van der Waals surface area contributed by atoms with E-state index in [1.165, 1.54) is 7.11 Å². The molecule has 2 fully saturated rings.